The third-order valence-electron chi connectivity index (χ3n) is 5.82. The van der Waals surface area contributed by atoms with Gasteiger partial charge in [0.25, 0.3) is 5.91 Å². The van der Waals surface area contributed by atoms with Crippen molar-refractivity contribution in [3.05, 3.63) is 63.6 Å². The molecule has 0 radical (unpaired) electrons. The molecule has 0 spiro atoms. The number of fused-ring (bicyclic) bond motifs is 1. The van der Waals surface area contributed by atoms with Gasteiger partial charge in [-0.3, -0.25) is 4.79 Å². The summed E-state index contributed by atoms with van der Waals surface area (Å²) in [5, 5.41) is 10.7. The van der Waals surface area contributed by atoms with E-state index in [1.165, 1.54) is 17.4 Å². The maximum Gasteiger partial charge on any atom is 0.252 e. The third-order valence-corrected chi connectivity index (χ3v) is 6.73. The molecule has 0 aliphatic heterocycles. The topological polar surface area (TPSA) is 82.7 Å². The fourth-order valence-electron chi connectivity index (χ4n) is 4.25. The van der Waals surface area contributed by atoms with Crippen molar-refractivity contribution in [1.82, 2.24) is 20.3 Å². The number of anilines is 1. The Bertz CT molecular complexity index is 1310. The van der Waals surface area contributed by atoms with Crippen molar-refractivity contribution < 1.29 is 13.6 Å². The molecule has 10 heteroatoms. The number of nitrogens with one attached hydrogen (secondary N) is 3. The van der Waals surface area contributed by atoms with E-state index in [0.717, 1.165) is 25.5 Å². The average Bonchev–Trinajstić information content (AvgIpc) is 3.46. The highest BCUT2D eigenvalue weighted by Crippen LogP contribution is 2.32. The Hall–Kier alpha value is -3.04. The molecule has 1 fully saturated rings. The first kappa shape index (κ1) is 21.8. The molecular formula is C23H20ClF2N5OS. The van der Waals surface area contributed by atoms with E-state index < -0.39 is 11.6 Å². The van der Waals surface area contributed by atoms with Gasteiger partial charge in [-0.15, -0.1) is 0 Å². The Morgan fingerprint density at radius 1 is 1.21 bits per heavy atom. The van der Waals surface area contributed by atoms with Crippen LogP contribution >= 0.6 is 22.9 Å². The van der Waals surface area contributed by atoms with Gasteiger partial charge in [-0.2, -0.15) is 11.3 Å². The van der Waals surface area contributed by atoms with Crippen molar-refractivity contribution in [2.45, 2.75) is 37.8 Å². The Morgan fingerprint density at radius 3 is 2.88 bits per heavy atom. The zero-order valence-corrected chi connectivity index (χ0v) is 18.9. The lowest BCUT2D eigenvalue weighted by Gasteiger charge is -2.30. The van der Waals surface area contributed by atoms with E-state index in [9.17, 15) is 13.6 Å². The summed E-state index contributed by atoms with van der Waals surface area (Å²) >= 11 is 7.49. The number of thiophene rings is 1. The van der Waals surface area contributed by atoms with E-state index in [4.69, 9.17) is 11.6 Å². The number of hydrogen-bond donors (Lipinski definition) is 3. The van der Waals surface area contributed by atoms with Gasteiger partial charge in [0.15, 0.2) is 17.5 Å². The minimum atomic E-state index is -0.577. The number of hydrogen-bond acceptors (Lipinski definition) is 5. The van der Waals surface area contributed by atoms with E-state index in [2.05, 4.69) is 25.6 Å². The number of aromatic nitrogens is 3. The molecule has 5 rings (SSSR count). The normalized spacial score (nSPS) is 18.4. The van der Waals surface area contributed by atoms with Crippen molar-refractivity contribution in [3.63, 3.8) is 0 Å². The molecule has 2 atom stereocenters. The first-order valence-corrected chi connectivity index (χ1v) is 11.9. The van der Waals surface area contributed by atoms with Crippen LogP contribution in [0.1, 0.15) is 36.0 Å². The number of aromatic amines is 1. The van der Waals surface area contributed by atoms with Crippen LogP contribution in [0.25, 0.3) is 22.3 Å². The second-order valence-corrected chi connectivity index (χ2v) is 9.31. The molecule has 1 amide bonds. The molecule has 1 aromatic carbocycles. The lowest BCUT2D eigenvalue weighted by atomic mass is 9.90. The molecule has 33 heavy (non-hydrogen) atoms. The maximum absolute atomic E-state index is 14.6. The molecule has 3 N–H and O–H groups in total. The van der Waals surface area contributed by atoms with Gasteiger partial charge < -0.3 is 15.6 Å². The largest absolute Gasteiger partial charge is 0.365 e. The monoisotopic (exact) mass is 487 g/mol. The Kier molecular flexibility index (Phi) is 5.99. The molecule has 0 bridgehead atoms. The summed E-state index contributed by atoms with van der Waals surface area (Å²) < 4.78 is 28.7. The summed E-state index contributed by atoms with van der Waals surface area (Å²) in [4.78, 5) is 23.7. The van der Waals surface area contributed by atoms with Gasteiger partial charge in [0.2, 0.25) is 0 Å². The third kappa shape index (κ3) is 4.56. The molecule has 4 aromatic rings. The van der Waals surface area contributed by atoms with Crippen LogP contribution in [0.4, 0.5) is 14.6 Å². The van der Waals surface area contributed by atoms with E-state index in [1.807, 2.05) is 10.8 Å². The van der Waals surface area contributed by atoms with Crippen molar-refractivity contribution in [2.75, 3.05) is 5.32 Å². The predicted octanol–water partition coefficient (Wildman–Crippen LogP) is 5.77. The number of benzene rings is 1. The second kappa shape index (κ2) is 9.07. The number of H-pyrrole nitrogens is 1. The minimum Gasteiger partial charge on any atom is -0.365 e. The molecule has 0 saturated heterocycles. The van der Waals surface area contributed by atoms with E-state index in [-0.39, 0.29) is 40.2 Å². The van der Waals surface area contributed by atoms with Gasteiger partial charge in [-0.25, -0.2) is 18.7 Å². The number of rotatable bonds is 5. The molecule has 1 saturated carbocycles. The van der Waals surface area contributed by atoms with Crippen molar-refractivity contribution in [1.29, 1.82) is 0 Å². The average molecular weight is 488 g/mol. The van der Waals surface area contributed by atoms with Gasteiger partial charge in [0.1, 0.15) is 5.82 Å². The van der Waals surface area contributed by atoms with Gasteiger partial charge in [-0.1, -0.05) is 11.6 Å². The zero-order valence-electron chi connectivity index (χ0n) is 17.4. The fourth-order valence-corrected chi connectivity index (χ4v) is 5.09. The van der Waals surface area contributed by atoms with Crippen LogP contribution in [0.15, 0.2) is 41.4 Å². The summed E-state index contributed by atoms with van der Waals surface area (Å²) in [6.07, 6.45) is 5.93. The summed E-state index contributed by atoms with van der Waals surface area (Å²) in [6, 6.07) is 4.57. The van der Waals surface area contributed by atoms with Crippen molar-refractivity contribution >= 4 is 45.6 Å². The molecule has 3 aromatic heterocycles. The first-order chi connectivity index (χ1) is 16.0. The lowest BCUT2D eigenvalue weighted by Crippen LogP contribution is -2.41. The second-order valence-electron chi connectivity index (χ2n) is 8.09. The number of carbonyl (C=O) groups is 1. The molecule has 6 nitrogen and oxygen atoms in total. The highest BCUT2D eigenvalue weighted by Gasteiger charge is 2.25. The van der Waals surface area contributed by atoms with Crippen LogP contribution in [0.5, 0.6) is 0 Å². The quantitative estimate of drug-likeness (QED) is 0.333. The molecule has 1 aliphatic carbocycles. The Labute approximate surface area is 197 Å². The minimum absolute atomic E-state index is 0.00764. The Morgan fingerprint density at radius 2 is 2.06 bits per heavy atom. The Balaban J connectivity index is 1.34. The van der Waals surface area contributed by atoms with E-state index >= 15 is 0 Å². The summed E-state index contributed by atoms with van der Waals surface area (Å²) in [5.41, 5.74) is 1.46. The highest BCUT2D eigenvalue weighted by molar-refractivity contribution is 7.08. The van der Waals surface area contributed by atoms with Crippen LogP contribution in [-0.4, -0.2) is 32.9 Å². The van der Waals surface area contributed by atoms with Gasteiger partial charge in [-0.05, 0) is 49.3 Å². The van der Waals surface area contributed by atoms with Crippen molar-refractivity contribution in [3.8, 4) is 11.4 Å². The molecule has 0 unspecified atom stereocenters. The molecule has 170 valence electrons. The van der Waals surface area contributed by atoms with Crippen LogP contribution in [0.2, 0.25) is 5.02 Å². The van der Waals surface area contributed by atoms with Gasteiger partial charge >= 0.3 is 0 Å². The van der Waals surface area contributed by atoms with Crippen LogP contribution in [0.3, 0.4) is 0 Å². The number of halogens is 3. The highest BCUT2D eigenvalue weighted by atomic mass is 35.5. The molecular weight excluding hydrogens is 468 g/mol. The number of nitrogens with zero attached hydrogens (tertiary/aromatic N) is 2. The van der Waals surface area contributed by atoms with E-state index in [1.54, 1.807) is 18.3 Å². The summed E-state index contributed by atoms with van der Waals surface area (Å²) in [7, 11) is 0. The molecule has 1 aliphatic rings. The standard InChI is InChI=1S/C23H20ClF2N5OS/c24-13-6-16-17(9-27-20(16)18(25)7-13)21-28-10-19(26)22(31-21)29-14-2-1-3-15(8-14)30-23(32)12-4-5-33-11-12/h4-7,9-11,14-15,27H,1-3,8H2,(H,30,32)(H,28,29,31)/t14-,15+/m0/s1. The molecule has 3 heterocycles. The van der Waals surface area contributed by atoms with Crippen molar-refractivity contribution in [2.24, 2.45) is 0 Å². The summed E-state index contributed by atoms with van der Waals surface area (Å²) in [5.74, 6) is -0.826. The van der Waals surface area contributed by atoms with Crippen LogP contribution < -0.4 is 10.6 Å². The lowest BCUT2D eigenvalue weighted by molar-refractivity contribution is 0.0927. The predicted molar refractivity (Wildman–Crippen MR) is 126 cm³/mol. The number of amides is 1. The maximum atomic E-state index is 14.6. The van der Waals surface area contributed by atoms with E-state index in [0.29, 0.717) is 22.9 Å². The van der Waals surface area contributed by atoms with Gasteiger partial charge in [0.05, 0.1) is 11.7 Å². The fraction of sp³-hybridized carbons (Fsp3) is 0.261. The van der Waals surface area contributed by atoms with Crippen LogP contribution in [-0.2, 0) is 0 Å². The van der Waals surface area contributed by atoms with Gasteiger partial charge in [0, 0.05) is 45.2 Å². The first-order valence-electron chi connectivity index (χ1n) is 10.6. The number of carbonyl (C=O) groups excluding carboxylic acids is 1. The summed E-state index contributed by atoms with van der Waals surface area (Å²) in [6.45, 7) is 0. The SMILES string of the molecule is O=C(N[C@@H]1CCC[C@H](Nc2nc(-c3c[nH]c4c(F)cc(Cl)cc34)ncc2F)C1)c1ccsc1. The smallest absolute Gasteiger partial charge is 0.252 e. The van der Waals surface area contributed by atoms with Crippen LogP contribution in [0, 0.1) is 11.6 Å². The zero-order chi connectivity index (χ0) is 22.9.